The highest BCUT2D eigenvalue weighted by Crippen LogP contribution is 2.71. The van der Waals surface area contributed by atoms with Crippen LogP contribution in [0.3, 0.4) is 0 Å². The Balaban J connectivity index is 1.29. The van der Waals surface area contributed by atoms with Gasteiger partial charge in [0.2, 0.25) is 11.8 Å². The first-order chi connectivity index (χ1) is 15.0. The number of carbonyl (C=O) groups is 2. The lowest BCUT2D eigenvalue weighted by atomic mass is 9.82. The summed E-state index contributed by atoms with van der Waals surface area (Å²) in [6.07, 6.45) is 7.11. The molecule has 2 aromatic carbocycles. The molecule has 160 valence electrons. The molecule has 31 heavy (non-hydrogen) atoms. The van der Waals surface area contributed by atoms with Crippen molar-refractivity contribution >= 4 is 45.0 Å². The van der Waals surface area contributed by atoms with Crippen molar-refractivity contribution < 1.29 is 9.59 Å². The predicted octanol–water partition coefficient (Wildman–Crippen LogP) is 5.23. The second-order valence-corrected chi connectivity index (χ2v) is 10.3. The highest BCUT2D eigenvalue weighted by atomic mass is 79.9. The maximum absolute atomic E-state index is 13.3. The van der Waals surface area contributed by atoms with Gasteiger partial charge in [0.1, 0.15) is 0 Å². The monoisotopic (exact) mass is 498 g/mol. The van der Waals surface area contributed by atoms with Crippen LogP contribution >= 0.6 is 27.5 Å². The van der Waals surface area contributed by atoms with E-state index in [2.05, 4.69) is 38.7 Å². The Hall–Kier alpha value is -2.11. The van der Waals surface area contributed by atoms with Crippen LogP contribution in [0.5, 0.6) is 0 Å². The van der Waals surface area contributed by atoms with Crippen molar-refractivity contribution in [2.45, 2.75) is 19.3 Å². The van der Waals surface area contributed by atoms with Crippen molar-refractivity contribution in [3.63, 3.8) is 0 Å². The molecule has 1 spiro atoms. The zero-order valence-electron chi connectivity index (χ0n) is 17.0. The number of carbonyl (C=O) groups excluding carboxylic acids is 2. The number of hydrogen-bond donors (Lipinski definition) is 2. The van der Waals surface area contributed by atoms with Gasteiger partial charge in [0.25, 0.3) is 0 Å². The third-order valence-electron chi connectivity index (χ3n) is 7.25. The van der Waals surface area contributed by atoms with Crippen molar-refractivity contribution in [2.24, 2.45) is 29.1 Å². The molecule has 3 aliphatic carbocycles. The van der Waals surface area contributed by atoms with Gasteiger partial charge in [-0.1, -0.05) is 57.9 Å². The molecule has 2 fully saturated rings. The van der Waals surface area contributed by atoms with E-state index < -0.39 is 0 Å². The van der Waals surface area contributed by atoms with Crippen LogP contribution in [-0.4, -0.2) is 18.4 Å². The number of benzene rings is 2. The Morgan fingerprint density at radius 2 is 1.74 bits per heavy atom. The van der Waals surface area contributed by atoms with Crippen LogP contribution in [0.4, 0.5) is 5.69 Å². The van der Waals surface area contributed by atoms with E-state index in [-0.39, 0.29) is 41.4 Å². The van der Waals surface area contributed by atoms with Crippen LogP contribution in [0.2, 0.25) is 5.02 Å². The van der Waals surface area contributed by atoms with E-state index in [1.54, 1.807) is 6.07 Å². The predicted molar refractivity (Wildman–Crippen MR) is 126 cm³/mol. The molecule has 0 aliphatic heterocycles. The summed E-state index contributed by atoms with van der Waals surface area (Å²) < 4.78 is 0.976. The molecule has 2 bridgehead atoms. The normalized spacial score (nSPS) is 26.8. The van der Waals surface area contributed by atoms with Gasteiger partial charge in [0.15, 0.2) is 0 Å². The van der Waals surface area contributed by atoms with E-state index in [4.69, 9.17) is 11.6 Å². The van der Waals surface area contributed by atoms with Gasteiger partial charge in [-0.2, -0.15) is 0 Å². The minimum absolute atomic E-state index is 0.0517. The highest BCUT2D eigenvalue weighted by Gasteiger charge is 2.68. The van der Waals surface area contributed by atoms with Crippen molar-refractivity contribution in [3.8, 4) is 0 Å². The van der Waals surface area contributed by atoms with Gasteiger partial charge >= 0.3 is 0 Å². The van der Waals surface area contributed by atoms with Crippen molar-refractivity contribution in [3.05, 3.63) is 75.7 Å². The molecule has 0 saturated heterocycles. The summed E-state index contributed by atoms with van der Waals surface area (Å²) in [4.78, 5) is 25.9. The average Bonchev–Trinajstić information content (AvgIpc) is 3.42. The Labute approximate surface area is 195 Å². The molecule has 0 unspecified atom stereocenters. The molecular formula is C25H24BrClN2O2. The molecule has 0 radical (unpaired) electrons. The molecule has 0 heterocycles. The van der Waals surface area contributed by atoms with Gasteiger partial charge in [0, 0.05) is 21.7 Å². The zero-order chi connectivity index (χ0) is 21.6. The topological polar surface area (TPSA) is 58.2 Å². The molecule has 4 nitrogen and oxygen atoms in total. The summed E-state index contributed by atoms with van der Waals surface area (Å²) in [6.45, 7) is 0.509. The first-order valence-electron chi connectivity index (χ1n) is 10.7. The number of nitrogens with one attached hydrogen (secondary N) is 2. The van der Waals surface area contributed by atoms with Crippen molar-refractivity contribution in [1.82, 2.24) is 5.32 Å². The van der Waals surface area contributed by atoms with Gasteiger partial charge < -0.3 is 10.6 Å². The largest absolute Gasteiger partial charge is 0.355 e. The van der Waals surface area contributed by atoms with E-state index in [0.717, 1.165) is 15.7 Å². The van der Waals surface area contributed by atoms with Crippen LogP contribution in [0.15, 0.2) is 65.2 Å². The van der Waals surface area contributed by atoms with E-state index in [1.807, 2.05) is 42.5 Å². The summed E-state index contributed by atoms with van der Waals surface area (Å²) >= 11 is 9.63. The van der Waals surface area contributed by atoms with Crippen LogP contribution in [0.1, 0.15) is 18.4 Å². The maximum atomic E-state index is 13.3. The Morgan fingerprint density at radius 1 is 1.03 bits per heavy atom. The number of halogens is 2. The molecular weight excluding hydrogens is 476 g/mol. The fourth-order valence-electron chi connectivity index (χ4n) is 5.67. The van der Waals surface area contributed by atoms with Crippen LogP contribution in [-0.2, 0) is 16.0 Å². The number of allylic oxidation sites excluding steroid dienone is 2. The number of amides is 2. The Morgan fingerprint density at radius 3 is 2.45 bits per heavy atom. The van der Waals surface area contributed by atoms with Crippen LogP contribution < -0.4 is 10.6 Å². The number of hydrogen-bond acceptors (Lipinski definition) is 2. The van der Waals surface area contributed by atoms with Gasteiger partial charge in [0.05, 0.1) is 12.3 Å². The van der Waals surface area contributed by atoms with Gasteiger partial charge in [-0.25, -0.2) is 0 Å². The first-order valence-corrected chi connectivity index (χ1v) is 11.9. The minimum Gasteiger partial charge on any atom is -0.355 e. The fraction of sp³-hybridized carbons (Fsp3) is 0.360. The van der Waals surface area contributed by atoms with Gasteiger partial charge in [-0.15, -0.1) is 0 Å². The lowest BCUT2D eigenvalue weighted by Crippen LogP contribution is -2.40. The smallest absolute Gasteiger partial charge is 0.228 e. The summed E-state index contributed by atoms with van der Waals surface area (Å²) in [5, 5.41) is 6.79. The quantitative estimate of drug-likeness (QED) is 0.535. The molecule has 4 atom stereocenters. The third kappa shape index (κ3) is 3.83. The van der Waals surface area contributed by atoms with Crippen LogP contribution in [0, 0.1) is 29.1 Å². The molecule has 2 N–H and O–H groups in total. The lowest BCUT2D eigenvalue weighted by molar-refractivity contribution is -0.124. The van der Waals surface area contributed by atoms with Crippen LogP contribution in [0.25, 0.3) is 0 Å². The molecule has 2 aromatic rings. The van der Waals surface area contributed by atoms with E-state index in [0.29, 0.717) is 17.5 Å². The van der Waals surface area contributed by atoms with Crippen molar-refractivity contribution in [2.75, 3.05) is 11.9 Å². The number of anilines is 1. The van der Waals surface area contributed by atoms with Crippen molar-refractivity contribution in [1.29, 1.82) is 0 Å². The SMILES string of the molecule is O=C(Cc1ccccc1Cl)NC[C@H]1[C@H](C(=O)Nc2ccc(Br)cc2)[C@@H]2C=C[C@H]1C21CC1. The Bertz CT molecular complexity index is 1050. The van der Waals surface area contributed by atoms with E-state index in [9.17, 15) is 9.59 Å². The first kappa shape index (κ1) is 20.8. The molecule has 6 heteroatoms. The second-order valence-electron chi connectivity index (χ2n) is 8.93. The lowest BCUT2D eigenvalue weighted by Gasteiger charge is -2.27. The molecule has 3 aliphatic rings. The minimum atomic E-state index is -0.123. The summed E-state index contributed by atoms with van der Waals surface area (Å²) in [5.74, 6) is 0.606. The van der Waals surface area contributed by atoms with Gasteiger partial charge in [-0.3, -0.25) is 9.59 Å². The summed E-state index contributed by atoms with van der Waals surface area (Å²) in [7, 11) is 0. The molecule has 5 rings (SSSR count). The van der Waals surface area contributed by atoms with Gasteiger partial charge in [-0.05, 0) is 71.9 Å². The molecule has 0 aromatic heterocycles. The van der Waals surface area contributed by atoms with E-state index in [1.165, 1.54) is 12.8 Å². The highest BCUT2D eigenvalue weighted by molar-refractivity contribution is 9.10. The van der Waals surface area contributed by atoms with E-state index >= 15 is 0 Å². The third-order valence-corrected chi connectivity index (χ3v) is 8.15. The maximum Gasteiger partial charge on any atom is 0.228 e. The second kappa shape index (κ2) is 8.10. The fourth-order valence-corrected chi connectivity index (χ4v) is 6.14. The average molecular weight is 500 g/mol. The standard InChI is InChI=1S/C25H24BrClN2O2/c26-16-5-7-17(8-6-16)29-24(31)23-18(19-9-10-20(23)25(19)11-12-25)14-28-22(30)13-15-3-1-2-4-21(15)27/h1-10,18-20,23H,11-14H2,(H,28,30)(H,29,31)/t18-,19-,20+,23+/m1/s1. The number of rotatable bonds is 6. The summed E-state index contributed by atoms with van der Waals surface area (Å²) in [5.41, 5.74) is 1.85. The molecule has 2 amide bonds. The summed E-state index contributed by atoms with van der Waals surface area (Å²) in [6, 6.07) is 15.1. The molecule has 2 saturated carbocycles. The zero-order valence-corrected chi connectivity index (χ0v) is 19.3. The Kier molecular flexibility index (Phi) is 5.43.